The van der Waals surface area contributed by atoms with E-state index in [2.05, 4.69) is 5.10 Å². The third-order valence-electron chi connectivity index (χ3n) is 1.24. The molecule has 1 heterocycles. The molecule has 0 saturated carbocycles. The van der Waals surface area contributed by atoms with E-state index in [-0.39, 0.29) is 0 Å². The van der Waals surface area contributed by atoms with Crippen LogP contribution in [0.3, 0.4) is 0 Å². The van der Waals surface area contributed by atoms with Crippen LogP contribution in [0.2, 0.25) is 0 Å². The SMILES string of the molecule is CCn1nccc1CCl. The highest BCUT2D eigenvalue weighted by atomic mass is 35.5. The topological polar surface area (TPSA) is 17.8 Å². The summed E-state index contributed by atoms with van der Waals surface area (Å²) in [4.78, 5) is 0. The number of aromatic nitrogens is 2. The third kappa shape index (κ3) is 1.24. The van der Waals surface area contributed by atoms with Gasteiger partial charge < -0.3 is 0 Å². The quantitative estimate of drug-likeness (QED) is 0.577. The summed E-state index contributed by atoms with van der Waals surface area (Å²) in [7, 11) is 0. The monoisotopic (exact) mass is 144 g/mol. The molecule has 1 aromatic rings. The van der Waals surface area contributed by atoms with Gasteiger partial charge in [-0.15, -0.1) is 11.6 Å². The summed E-state index contributed by atoms with van der Waals surface area (Å²) < 4.78 is 1.88. The molecule has 2 nitrogen and oxygen atoms in total. The van der Waals surface area contributed by atoms with Gasteiger partial charge in [0.15, 0.2) is 0 Å². The average molecular weight is 145 g/mol. The van der Waals surface area contributed by atoms with Gasteiger partial charge >= 0.3 is 0 Å². The zero-order valence-electron chi connectivity index (χ0n) is 5.34. The molecule has 0 atom stereocenters. The average Bonchev–Trinajstić information content (AvgIpc) is 2.33. The molecule has 0 radical (unpaired) electrons. The van der Waals surface area contributed by atoms with E-state index in [9.17, 15) is 0 Å². The highest BCUT2D eigenvalue weighted by Gasteiger charge is 1.95. The lowest BCUT2D eigenvalue weighted by Crippen LogP contribution is -1.99. The zero-order chi connectivity index (χ0) is 6.69. The van der Waals surface area contributed by atoms with E-state index in [4.69, 9.17) is 11.6 Å². The maximum absolute atomic E-state index is 5.59. The first kappa shape index (κ1) is 6.62. The fourth-order valence-electron chi connectivity index (χ4n) is 0.758. The molecule has 0 aromatic carbocycles. The van der Waals surface area contributed by atoms with Crippen LogP contribution in [0.5, 0.6) is 0 Å². The van der Waals surface area contributed by atoms with Gasteiger partial charge in [0.05, 0.1) is 11.6 Å². The van der Waals surface area contributed by atoms with Gasteiger partial charge in [-0.25, -0.2) is 0 Å². The van der Waals surface area contributed by atoms with Crippen LogP contribution in [0, 0.1) is 0 Å². The highest BCUT2D eigenvalue weighted by Crippen LogP contribution is 2.01. The molecule has 0 fully saturated rings. The number of hydrogen-bond acceptors (Lipinski definition) is 1. The molecule has 0 unspecified atom stereocenters. The Morgan fingerprint density at radius 3 is 3.00 bits per heavy atom. The van der Waals surface area contributed by atoms with E-state index in [1.165, 1.54) is 0 Å². The van der Waals surface area contributed by atoms with Crippen molar-refractivity contribution in [3.05, 3.63) is 18.0 Å². The van der Waals surface area contributed by atoms with Crippen molar-refractivity contribution in [1.82, 2.24) is 9.78 Å². The minimum atomic E-state index is 0.549. The molecule has 0 aliphatic heterocycles. The maximum atomic E-state index is 5.59. The minimum Gasteiger partial charge on any atom is -0.269 e. The van der Waals surface area contributed by atoms with Crippen molar-refractivity contribution in [2.45, 2.75) is 19.3 Å². The van der Waals surface area contributed by atoms with Crippen LogP contribution in [0.25, 0.3) is 0 Å². The predicted octanol–water partition coefficient (Wildman–Crippen LogP) is 1.64. The minimum absolute atomic E-state index is 0.549. The molecule has 0 N–H and O–H groups in total. The second-order valence-corrected chi connectivity index (χ2v) is 2.04. The summed E-state index contributed by atoms with van der Waals surface area (Å²) >= 11 is 5.59. The lowest BCUT2D eigenvalue weighted by molar-refractivity contribution is 0.636. The van der Waals surface area contributed by atoms with Gasteiger partial charge in [-0.3, -0.25) is 4.68 Å². The zero-order valence-corrected chi connectivity index (χ0v) is 6.10. The lowest BCUT2D eigenvalue weighted by atomic mass is 10.5. The summed E-state index contributed by atoms with van der Waals surface area (Å²) in [5, 5.41) is 4.04. The molecule has 1 rings (SSSR count). The van der Waals surface area contributed by atoms with E-state index in [1.807, 2.05) is 17.7 Å². The first-order valence-corrected chi connectivity index (χ1v) is 3.48. The molecule has 3 heteroatoms. The van der Waals surface area contributed by atoms with Gasteiger partial charge in [0, 0.05) is 12.7 Å². The van der Waals surface area contributed by atoms with E-state index < -0.39 is 0 Å². The van der Waals surface area contributed by atoms with Gasteiger partial charge in [-0.2, -0.15) is 5.10 Å². The number of alkyl halides is 1. The molecule has 0 spiro atoms. The fourth-order valence-corrected chi connectivity index (χ4v) is 0.985. The highest BCUT2D eigenvalue weighted by molar-refractivity contribution is 6.16. The van der Waals surface area contributed by atoms with Crippen molar-refractivity contribution in [1.29, 1.82) is 0 Å². The molecular formula is C6H9ClN2. The second-order valence-electron chi connectivity index (χ2n) is 1.77. The number of nitrogens with zero attached hydrogens (tertiary/aromatic N) is 2. The Hall–Kier alpha value is -0.500. The molecule has 0 saturated heterocycles. The Morgan fingerprint density at radius 1 is 1.78 bits per heavy atom. The summed E-state index contributed by atoms with van der Waals surface area (Å²) in [5.74, 6) is 0.549. The maximum Gasteiger partial charge on any atom is 0.0644 e. The molecule has 0 aliphatic carbocycles. The predicted molar refractivity (Wildman–Crippen MR) is 37.5 cm³/mol. The number of aryl methyl sites for hydroxylation is 1. The van der Waals surface area contributed by atoms with Gasteiger partial charge in [0.25, 0.3) is 0 Å². The molecular weight excluding hydrogens is 136 g/mol. The summed E-state index contributed by atoms with van der Waals surface area (Å²) in [6.07, 6.45) is 1.77. The Balaban J connectivity index is 2.85. The molecule has 0 amide bonds. The van der Waals surface area contributed by atoms with Crippen LogP contribution in [0.15, 0.2) is 12.3 Å². The van der Waals surface area contributed by atoms with E-state index in [0.29, 0.717) is 5.88 Å². The first-order valence-electron chi connectivity index (χ1n) is 2.95. The van der Waals surface area contributed by atoms with Crippen LogP contribution in [-0.4, -0.2) is 9.78 Å². The molecule has 50 valence electrons. The molecule has 9 heavy (non-hydrogen) atoms. The Kier molecular flexibility index (Phi) is 2.11. The van der Waals surface area contributed by atoms with Crippen LogP contribution < -0.4 is 0 Å². The third-order valence-corrected chi connectivity index (χ3v) is 1.51. The Morgan fingerprint density at radius 2 is 2.56 bits per heavy atom. The fraction of sp³-hybridized carbons (Fsp3) is 0.500. The van der Waals surface area contributed by atoms with Gasteiger partial charge in [0.1, 0.15) is 0 Å². The molecule has 1 aromatic heterocycles. The van der Waals surface area contributed by atoms with E-state index in [1.54, 1.807) is 6.20 Å². The molecule has 0 bridgehead atoms. The second kappa shape index (κ2) is 2.87. The number of halogens is 1. The number of hydrogen-bond donors (Lipinski definition) is 0. The van der Waals surface area contributed by atoms with Crippen LogP contribution in [-0.2, 0) is 12.4 Å². The van der Waals surface area contributed by atoms with Crippen molar-refractivity contribution in [2.24, 2.45) is 0 Å². The largest absolute Gasteiger partial charge is 0.269 e. The smallest absolute Gasteiger partial charge is 0.0644 e. The van der Waals surface area contributed by atoms with Crippen LogP contribution in [0.4, 0.5) is 0 Å². The Bertz CT molecular complexity index is 164. The van der Waals surface area contributed by atoms with Gasteiger partial charge in [0.2, 0.25) is 0 Å². The van der Waals surface area contributed by atoms with Crippen molar-refractivity contribution in [3.63, 3.8) is 0 Å². The normalized spacial score (nSPS) is 10.0. The van der Waals surface area contributed by atoms with Crippen molar-refractivity contribution in [3.8, 4) is 0 Å². The van der Waals surface area contributed by atoms with Gasteiger partial charge in [-0.05, 0) is 13.0 Å². The summed E-state index contributed by atoms with van der Waals surface area (Å²) in [6, 6.07) is 1.93. The lowest BCUT2D eigenvalue weighted by Gasteiger charge is -1.97. The van der Waals surface area contributed by atoms with Crippen molar-refractivity contribution in [2.75, 3.05) is 0 Å². The standard InChI is InChI=1S/C6H9ClN2/c1-2-9-6(5-7)3-4-8-9/h3-4H,2,5H2,1H3. The van der Waals surface area contributed by atoms with Gasteiger partial charge in [-0.1, -0.05) is 0 Å². The summed E-state index contributed by atoms with van der Waals surface area (Å²) in [5.41, 5.74) is 1.08. The molecule has 0 aliphatic rings. The van der Waals surface area contributed by atoms with E-state index in [0.717, 1.165) is 12.2 Å². The van der Waals surface area contributed by atoms with Crippen molar-refractivity contribution >= 4 is 11.6 Å². The van der Waals surface area contributed by atoms with Crippen LogP contribution >= 0.6 is 11.6 Å². The van der Waals surface area contributed by atoms with Crippen molar-refractivity contribution < 1.29 is 0 Å². The Labute approximate surface area is 59.4 Å². The number of rotatable bonds is 2. The summed E-state index contributed by atoms with van der Waals surface area (Å²) in [6.45, 7) is 2.94. The first-order chi connectivity index (χ1) is 4.38. The van der Waals surface area contributed by atoms with Crippen LogP contribution in [0.1, 0.15) is 12.6 Å². The van der Waals surface area contributed by atoms with E-state index >= 15 is 0 Å².